The van der Waals surface area contributed by atoms with Crippen LogP contribution >= 0.6 is 12.2 Å². The van der Waals surface area contributed by atoms with Gasteiger partial charge in [-0.25, -0.2) is 4.98 Å². The Morgan fingerprint density at radius 2 is 1.48 bits per heavy atom. The number of hydrogen-bond acceptors (Lipinski definition) is 4. The van der Waals surface area contributed by atoms with Gasteiger partial charge in [0.1, 0.15) is 10.9 Å². The SMILES string of the molecule is O=C(O)C(Cc1ccccc1)C(Cc1ccccc1)(C(O)=S)c1nc2ccccc2o1. The minimum Gasteiger partial charge on any atom is -0.501 e. The van der Waals surface area contributed by atoms with Gasteiger partial charge in [0, 0.05) is 0 Å². The highest BCUT2D eigenvalue weighted by Crippen LogP contribution is 2.40. The van der Waals surface area contributed by atoms with Gasteiger partial charge >= 0.3 is 5.97 Å². The fourth-order valence-corrected chi connectivity index (χ4v) is 4.27. The highest BCUT2D eigenvalue weighted by molar-refractivity contribution is 7.80. The first kappa shape index (κ1) is 20.8. The van der Waals surface area contributed by atoms with Crippen LogP contribution in [0, 0.1) is 5.92 Å². The molecule has 1 heterocycles. The Balaban J connectivity index is 1.92. The number of carboxylic acids is 1. The average molecular weight is 432 g/mol. The van der Waals surface area contributed by atoms with Crippen LogP contribution in [0.3, 0.4) is 0 Å². The zero-order valence-corrected chi connectivity index (χ0v) is 17.5. The van der Waals surface area contributed by atoms with Crippen molar-refractivity contribution < 1.29 is 19.4 Å². The zero-order valence-electron chi connectivity index (χ0n) is 16.6. The van der Waals surface area contributed by atoms with E-state index in [2.05, 4.69) is 4.98 Å². The second-order valence-corrected chi connectivity index (χ2v) is 7.89. The summed E-state index contributed by atoms with van der Waals surface area (Å²) in [4.78, 5) is 17.2. The van der Waals surface area contributed by atoms with E-state index in [4.69, 9.17) is 16.6 Å². The molecule has 2 unspecified atom stereocenters. The lowest BCUT2D eigenvalue weighted by Crippen LogP contribution is -2.49. The molecule has 0 radical (unpaired) electrons. The van der Waals surface area contributed by atoms with Crippen LogP contribution in [0.5, 0.6) is 0 Å². The number of carboxylic acid groups (broad SMARTS) is 1. The molecule has 0 fully saturated rings. The molecule has 0 saturated heterocycles. The third-order valence-electron chi connectivity index (χ3n) is 5.56. The molecule has 0 saturated carbocycles. The predicted molar refractivity (Wildman–Crippen MR) is 122 cm³/mol. The average Bonchev–Trinajstić information content (AvgIpc) is 3.22. The maximum Gasteiger partial charge on any atom is 0.308 e. The molecule has 0 aliphatic heterocycles. The minimum absolute atomic E-state index is 0.105. The van der Waals surface area contributed by atoms with Crippen molar-refractivity contribution >= 4 is 34.3 Å². The number of aromatic nitrogens is 1. The van der Waals surface area contributed by atoms with E-state index in [1.165, 1.54) is 0 Å². The lowest BCUT2D eigenvalue weighted by Gasteiger charge is -2.34. The number of benzene rings is 3. The first-order valence-corrected chi connectivity index (χ1v) is 10.3. The molecule has 6 heteroatoms. The van der Waals surface area contributed by atoms with Gasteiger partial charge in [-0.1, -0.05) is 72.8 Å². The van der Waals surface area contributed by atoms with Crippen molar-refractivity contribution in [2.75, 3.05) is 0 Å². The van der Waals surface area contributed by atoms with Crippen molar-refractivity contribution in [2.24, 2.45) is 5.92 Å². The second-order valence-electron chi connectivity index (χ2n) is 7.51. The number of hydrogen-bond donors (Lipinski definition) is 2. The largest absolute Gasteiger partial charge is 0.501 e. The van der Waals surface area contributed by atoms with Gasteiger partial charge in [0.05, 0.1) is 5.92 Å². The van der Waals surface area contributed by atoms with Crippen LogP contribution in [0.25, 0.3) is 11.1 Å². The highest BCUT2D eigenvalue weighted by Gasteiger charge is 2.52. The van der Waals surface area contributed by atoms with Gasteiger partial charge in [0.2, 0.25) is 5.89 Å². The van der Waals surface area contributed by atoms with Crippen LogP contribution < -0.4 is 0 Å². The molecule has 3 aromatic carbocycles. The quantitative estimate of drug-likeness (QED) is 0.376. The van der Waals surface area contributed by atoms with Gasteiger partial charge in [0.15, 0.2) is 10.6 Å². The molecule has 0 aliphatic rings. The number of oxazole rings is 1. The summed E-state index contributed by atoms with van der Waals surface area (Å²) in [5.41, 5.74) is 1.20. The van der Waals surface area contributed by atoms with Gasteiger partial charge in [-0.15, -0.1) is 0 Å². The smallest absolute Gasteiger partial charge is 0.308 e. The lowest BCUT2D eigenvalue weighted by molar-refractivity contribution is -0.143. The molecule has 2 N–H and O–H groups in total. The van der Waals surface area contributed by atoms with Crippen molar-refractivity contribution in [1.82, 2.24) is 4.98 Å². The summed E-state index contributed by atoms with van der Waals surface area (Å²) in [6.07, 6.45) is 0.294. The monoisotopic (exact) mass is 431 g/mol. The molecular formula is C25H21NO4S. The Bertz CT molecular complexity index is 1170. The van der Waals surface area contributed by atoms with E-state index in [0.717, 1.165) is 11.1 Å². The first-order valence-electron chi connectivity index (χ1n) is 9.91. The van der Waals surface area contributed by atoms with Gasteiger partial charge < -0.3 is 14.6 Å². The van der Waals surface area contributed by atoms with Crippen molar-refractivity contribution in [1.29, 1.82) is 0 Å². The summed E-state index contributed by atoms with van der Waals surface area (Å²) in [6, 6.07) is 25.8. The number of rotatable bonds is 8. The van der Waals surface area contributed by atoms with E-state index in [0.29, 0.717) is 11.1 Å². The molecule has 0 aliphatic carbocycles. The lowest BCUT2D eigenvalue weighted by atomic mass is 9.69. The fraction of sp³-hybridized carbons (Fsp3) is 0.160. The molecule has 0 spiro atoms. The summed E-state index contributed by atoms with van der Waals surface area (Å²) < 4.78 is 6.01. The molecule has 4 aromatic rings. The van der Waals surface area contributed by atoms with Crippen LogP contribution in [0.15, 0.2) is 89.3 Å². The normalized spacial score (nSPS) is 14.1. The van der Waals surface area contributed by atoms with Crippen molar-refractivity contribution in [3.63, 3.8) is 0 Å². The Morgan fingerprint density at radius 3 is 2.06 bits per heavy atom. The molecule has 31 heavy (non-hydrogen) atoms. The van der Waals surface area contributed by atoms with E-state index < -0.39 is 22.4 Å². The summed E-state index contributed by atoms with van der Waals surface area (Å²) in [7, 11) is 0. The molecule has 0 amide bonds. The summed E-state index contributed by atoms with van der Waals surface area (Å²) in [5.74, 6) is -2.08. The number of thiocarbonyl (C=S) groups is 1. The van der Waals surface area contributed by atoms with Gasteiger partial charge in [-0.2, -0.15) is 0 Å². The van der Waals surface area contributed by atoms with Crippen molar-refractivity contribution in [2.45, 2.75) is 18.3 Å². The molecule has 2 atom stereocenters. The number of para-hydroxylation sites is 2. The summed E-state index contributed by atoms with van der Waals surface area (Å²) in [5, 5.41) is 20.7. The van der Waals surface area contributed by atoms with Gasteiger partial charge in [-0.3, -0.25) is 4.79 Å². The molecule has 5 nitrogen and oxygen atoms in total. The molecule has 1 aromatic heterocycles. The number of aliphatic hydroxyl groups is 1. The zero-order chi connectivity index (χ0) is 21.8. The Kier molecular flexibility index (Phi) is 5.82. The standard InChI is InChI=1S/C25H21NO4S/c27-22(28)19(15-17-9-3-1-4-10-17)25(24(29)31,16-18-11-5-2-6-12-18)23-26-20-13-7-8-14-21(20)30-23/h1-14,19H,15-16H2,(H,27,28)(H,29,31). The van der Waals surface area contributed by atoms with Crippen molar-refractivity contribution in [3.05, 3.63) is 102 Å². The van der Waals surface area contributed by atoms with E-state index >= 15 is 0 Å². The van der Waals surface area contributed by atoms with Crippen LogP contribution in [0.4, 0.5) is 0 Å². The number of aliphatic hydroxyl groups excluding tert-OH is 1. The number of nitrogens with zero attached hydrogens (tertiary/aromatic N) is 1. The number of carbonyl (C=O) groups is 1. The third kappa shape index (κ3) is 4.07. The maximum atomic E-state index is 12.6. The van der Waals surface area contributed by atoms with E-state index in [-0.39, 0.29) is 18.7 Å². The van der Waals surface area contributed by atoms with Crippen LogP contribution in [0.1, 0.15) is 17.0 Å². The maximum absolute atomic E-state index is 12.6. The van der Waals surface area contributed by atoms with E-state index in [9.17, 15) is 15.0 Å². The molecular weight excluding hydrogens is 410 g/mol. The van der Waals surface area contributed by atoms with E-state index in [1.54, 1.807) is 12.1 Å². The Morgan fingerprint density at radius 1 is 0.903 bits per heavy atom. The third-order valence-corrected chi connectivity index (χ3v) is 5.92. The number of fused-ring (bicyclic) bond motifs is 1. The van der Waals surface area contributed by atoms with Crippen LogP contribution in [0.2, 0.25) is 0 Å². The van der Waals surface area contributed by atoms with Gasteiger partial charge in [0.25, 0.3) is 0 Å². The Labute approximate surface area is 185 Å². The number of aliphatic carboxylic acids is 1. The van der Waals surface area contributed by atoms with Gasteiger partial charge in [-0.05, 0) is 48.3 Å². The van der Waals surface area contributed by atoms with Crippen molar-refractivity contribution in [3.8, 4) is 0 Å². The topological polar surface area (TPSA) is 83.6 Å². The highest BCUT2D eigenvalue weighted by atomic mass is 32.1. The Hall–Kier alpha value is -3.51. The second kappa shape index (κ2) is 8.70. The van der Waals surface area contributed by atoms with E-state index in [1.807, 2.05) is 72.8 Å². The first-order chi connectivity index (χ1) is 15.0. The fourth-order valence-electron chi connectivity index (χ4n) is 3.97. The predicted octanol–water partition coefficient (Wildman–Crippen LogP) is 5.14. The minimum atomic E-state index is -1.53. The summed E-state index contributed by atoms with van der Waals surface area (Å²) >= 11 is 5.32. The summed E-state index contributed by atoms with van der Waals surface area (Å²) in [6.45, 7) is 0. The van der Waals surface area contributed by atoms with Crippen LogP contribution in [-0.4, -0.2) is 26.2 Å². The molecule has 156 valence electrons. The van der Waals surface area contributed by atoms with Crippen LogP contribution in [-0.2, 0) is 23.1 Å². The molecule has 0 bridgehead atoms. The molecule has 4 rings (SSSR count).